The van der Waals surface area contributed by atoms with Gasteiger partial charge >= 0.3 is 11.9 Å². The largest absolute Gasteiger partial charge is 0.479 e. The van der Waals surface area contributed by atoms with E-state index in [0.29, 0.717) is 4.57 Å². The van der Waals surface area contributed by atoms with Gasteiger partial charge in [-0.1, -0.05) is 6.92 Å². The molecule has 1 saturated heterocycles. The van der Waals surface area contributed by atoms with Gasteiger partial charge in [0.15, 0.2) is 23.6 Å². The van der Waals surface area contributed by atoms with Gasteiger partial charge in [-0.3, -0.25) is 4.57 Å². The molecule has 5 atom stereocenters. The predicted octanol–water partition coefficient (Wildman–Crippen LogP) is 0.113. The lowest BCUT2D eigenvalue weighted by atomic mass is 10.1. The zero-order valence-electron chi connectivity index (χ0n) is 15.3. The molecule has 0 spiro atoms. The van der Waals surface area contributed by atoms with Gasteiger partial charge in [-0.15, -0.1) is 0 Å². The summed E-state index contributed by atoms with van der Waals surface area (Å²) in [5.74, 6) is -0.844. The third kappa shape index (κ3) is 3.62. The maximum absolute atomic E-state index is 14.5. The second-order valence-electron chi connectivity index (χ2n) is 6.52. The fourth-order valence-electron chi connectivity index (χ4n) is 3.27. The van der Waals surface area contributed by atoms with E-state index in [0.717, 1.165) is 7.11 Å². The second kappa shape index (κ2) is 7.42. The quantitative estimate of drug-likeness (QED) is 0.574. The van der Waals surface area contributed by atoms with E-state index in [2.05, 4.69) is 9.97 Å². The van der Waals surface area contributed by atoms with Crippen LogP contribution in [0.25, 0.3) is 11.2 Å². The molecule has 1 aliphatic rings. The molecule has 0 radical (unpaired) electrons. The molecule has 0 aliphatic carbocycles. The van der Waals surface area contributed by atoms with Gasteiger partial charge in [0.05, 0.1) is 13.2 Å². The molecule has 1 fully saturated rings. The van der Waals surface area contributed by atoms with Crippen LogP contribution in [-0.2, 0) is 11.3 Å². The number of fused-ring (bicyclic) bond motifs is 1. The number of nitrogen functional groups attached to an aromatic ring is 1. The Kier molecular flexibility index (Phi) is 5.44. The molecule has 0 saturated carbocycles. The zero-order valence-corrected chi connectivity index (χ0v) is 15.3. The fourth-order valence-corrected chi connectivity index (χ4v) is 3.27. The molecule has 0 amide bonds. The van der Waals surface area contributed by atoms with Crippen molar-refractivity contribution in [1.29, 1.82) is 0 Å². The summed E-state index contributed by atoms with van der Waals surface area (Å²) in [6.07, 6.45) is -13.3. The van der Waals surface area contributed by atoms with Crippen molar-refractivity contribution in [3.63, 3.8) is 0 Å². The minimum atomic E-state index is -4.80. The van der Waals surface area contributed by atoms with Crippen molar-refractivity contribution in [2.24, 2.45) is 0 Å². The van der Waals surface area contributed by atoms with Gasteiger partial charge in [0.25, 0.3) is 0 Å². The highest BCUT2D eigenvalue weighted by Gasteiger charge is 2.49. The maximum Gasteiger partial charge on any atom is 0.406 e. The van der Waals surface area contributed by atoms with Gasteiger partial charge in [-0.05, 0) is 6.42 Å². The summed E-state index contributed by atoms with van der Waals surface area (Å²) >= 11 is 0. The minimum absolute atomic E-state index is 0.0815. The van der Waals surface area contributed by atoms with Gasteiger partial charge in [-0.2, -0.15) is 23.1 Å². The monoisotopic (exact) mass is 425 g/mol. The summed E-state index contributed by atoms with van der Waals surface area (Å²) in [5.41, 5.74) is 3.37. The number of imidazole rings is 1. The number of aliphatic hydroxyl groups is 2. The van der Waals surface area contributed by atoms with Crippen LogP contribution >= 0.6 is 0 Å². The number of aromatic nitrogens is 4. The van der Waals surface area contributed by atoms with Crippen molar-refractivity contribution < 1.29 is 37.2 Å². The molecule has 3 heterocycles. The number of anilines is 1. The van der Waals surface area contributed by atoms with Crippen LogP contribution in [0.3, 0.4) is 0 Å². The van der Waals surface area contributed by atoms with Crippen LogP contribution in [0.2, 0.25) is 0 Å². The van der Waals surface area contributed by atoms with Crippen LogP contribution < -0.4 is 16.2 Å². The summed E-state index contributed by atoms with van der Waals surface area (Å²) in [6, 6.07) is 0. The molecule has 0 aromatic carbocycles. The number of hydrogen-bond acceptors (Lipinski definition) is 8. The van der Waals surface area contributed by atoms with Crippen molar-refractivity contribution in [2.45, 2.75) is 56.8 Å². The van der Waals surface area contributed by atoms with E-state index in [1.807, 2.05) is 0 Å². The topological polar surface area (TPSA) is 138 Å². The lowest BCUT2D eigenvalue weighted by molar-refractivity contribution is -0.140. The molecule has 3 rings (SSSR count). The summed E-state index contributed by atoms with van der Waals surface area (Å²) in [7, 11) is 1.10. The summed E-state index contributed by atoms with van der Waals surface area (Å²) in [6.45, 7) is -0.178. The van der Waals surface area contributed by atoms with E-state index in [-0.39, 0.29) is 11.0 Å². The first-order chi connectivity index (χ1) is 13.5. The first kappa shape index (κ1) is 21.3. The van der Waals surface area contributed by atoms with E-state index in [1.165, 1.54) is 0 Å². The van der Waals surface area contributed by atoms with Crippen LogP contribution in [0, 0.1) is 0 Å². The van der Waals surface area contributed by atoms with E-state index in [1.54, 1.807) is 6.92 Å². The highest BCUT2D eigenvalue weighted by atomic mass is 19.4. The number of rotatable bonds is 5. The lowest BCUT2D eigenvalue weighted by Crippen LogP contribution is -2.36. The highest BCUT2D eigenvalue weighted by Crippen LogP contribution is 2.36. The summed E-state index contributed by atoms with van der Waals surface area (Å²) in [5, 5.41) is 20.1. The maximum atomic E-state index is 14.5. The normalized spacial score (nSPS) is 26.2. The molecule has 162 valence electrons. The van der Waals surface area contributed by atoms with E-state index >= 15 is 0 Å². The SMILES string of the molecule is CCC(O)[C@H]1O[C@@H](n2c(=O)n(CC(F)(F)F)c3c(OC)nc(N)nc32)[C@H](O)[C@H]1F. The van der Waals surface area contributed by atoms with Crippen LogP contribution in [-0.4, -0.2) is 67.1 Å². The van der Waals surface area contributed by atoms with Gasteiger partial charge in [0.1, 0.15) is 18.8 Å². The van der Waals surface area contributed by atoms with Gasteiger partial charge in [0, 0.05) is 0 Å². The van der Waals surface area contributed by atoms with Crippen LogP contribution in [0.4, 0.5) is 23.5 Å². The Labute approximate surface area is 160 Å². The first-order valence-corrected chi connectivity index (χ1v) is 8.54. The van der Waals surface area contributed by atoms with Gasteiger partial charge in [-0.25, -0.2) is 13.8 Å². The highest BCUT2D eigenvalue weighted by molar-refractivity contribution is 5.78. The molecule has 10 nitrogen and oxygen atoms in total. The number of nitrogens with zero attached hydrogens (tertiary/aromatic N) is 4. The fraction of sp³-hybridized carbons (Fsp3) is 0.667. The third-order valence-electron chi connectivity index (χ3n) is 4.60. The molecule has 1 aliphatic heterocycles. The van der Waals surface area contributed by atoms with Crippen molar-refractivity contribution in [3.05, 3.63) is 10.5 Å². The number of halogens is 4. The smallest absolute Gasteiger partial charge is 0.406 e. The average Bonchev–Trinajstić information content (AvgIpc) is 3.07. The van der Waals surface area contributed by atoms with E-state index in [9.17, 15) is 32.6 Å². The van der Waals surface area contributed by atoms with Gasteiger partial charge < -0.3 is 25.4 Å². The van der Waals surface area contributed by atoms with Crippen molar-refractivity contribution in [2.75, 3.05) is 12.8 Å². The van der Waals surface area contributed by atoms with E-state index < -0.39 is 72.1 Å². The Morgan fingerprint density at radius 2 is 2.03 bits per heavy atom. The Balaban J connectivity index is 2.24. The van der Waals surface area contributed by atoms with Crippen molar-refractivity contribution in [3.8, 4) is 5.88 Å². The molecular weight excluding hydrogens is 406 g/mol. The molecular formula is C15H19F4N5O5. The Morgan fingerprint density at radius 3 is 2.59 bits per heavy atom. The molecule has 2 aromatic rings. The molecule has 4 N–H and O–H groups in total. The number of nitrogens with two attached hydrogens (primary N) is 1. The zero-order chi connectivity index (χ0) is 21.7. The van der Waals surface area contributed by atoms with Crippen molar-refractivity contribution in [1.82, 2.24) is 19.1 Å². The molecule has 1 unspecified atom stereocenters. The lowest BCUT2D eigenvalue weighted by Gasteiger charge is -2.18. The molecule has 29 heavy (non-hydrogen) atoms. The predicted molar refractivity (Wildman–Crippen MR) is 89.9 cm³/mol. The Bertz CT molecular complexity index is 961. The molecule has 0 bridgehead atoms. The minimum Gasteiger partial charge on any atom is -0.479 e. The second-order valence-corrected chi connectivity index (χ2v) is 6.52. The summed E-state index contributed by atoms with van der Waals surface area (Å²) in [4.78, 5) is 20.3. The van der Waals surface area contributed by atoms with Crippen molar-refractivity contribution >= 4 is 17.1 Å². The number of hydrogen-bond donors (Lipinski definition) is 3. The number of methoxy groups -OCH3 is 1. The number of aliphatic hydroxyl groups excluding tert-OH is 2. The summed E-state index contributed by atoms with van der Waals surface area (Å²) < 4.78 is 64.7. The standard InChI is InChI=1S/C15H19F4N5O5/c1-3-5(25)9-6(16)8(26)12(29-9)24-10-7(11(28-2)22-13(20)21-10)23(14(24)27)4-15(17,18)19/h5-6,8-9,12,25-26H,3-4H2,1-2H3,(H2,20,21,22)/t5?,6-,8-,9-,12-/m1/s1. The third-order valence-corrected chi connectivity index (χ3v) is 4.60. The Hall–Kier alpha value is -2.45. The average molecular weight is 425 g/mol. The van der Waals surface area contributed by atoms with E-state index in [4.69, 9.17) is 15.2 Å². The Morgan fingerprint density at radius 1 is 1.38 bits per heavy atom. The number of alkyl halides is 4. The van der Waals surface area contributed by atoms with Crippen LogP contribution in [0.5, 0.6) is 5.88 Å². The first-order valence-electron chi connectivity index (χ1n) is 8.54. The molecule has 2 aromatic heterocycles. The molecule has 14 heteroatoms. The van der Waals surface area contributed by atoms with Crippen LogP contribution in [0.15, 0.2) is 4.79 Å². The van der Waals surface area contributed by atoms with Gasteiger partial charge in [0.2, 0.25) is 11.8 Å². The number of ether oxygens (including phenoxy) is 2. The van der Waals surface area contributed by atoms with Crippen LogP contribution in [0.1, 0.15) is 19.6 Å².